The molecule has 1 aromatic heterocycles. The summed E-state index contributed by atoms with van der Waals surface area (Å²) >= 11 is 5.98. The molecule has 2 N–H and O–H groups in total. The van der Waals surface area contributed by atoms with Crippen LogP contribution in [0.3, 0.4) is 0 Å². The predicted octanol–water partition coefficient (Wildman–Crippen LogP) is 1.80. The Balaban J connectivity index is 2.83. The molecule has 1 aromatic rings. The zero-order valence-corrected chi connectivity index (χ0v) is 12.5. The van der Waals surface area contributed by atoms with Gasteiger partial charge in [0.25, 0.3) is 5.91 Å². The van der Waals surface area contributed by atoms with Crippen LogP contribution in [0.25, 0.3) is 0 Å². The summed E-state index contributed by atoms with van der Waals surface area (Å²) in [5.74, 6) is 0.157. The van der Waals surface area contributed by atoms with Crippen LogP contribution in [0.15, 0.2) is 0 Å². The molecule has 0 aliphatic heterocycles. The molecule has 0 radical (unpaired) electrons. The normalized spacial score (nSPS) is 10.7. The van der Waals surface area contributed by atoms with Gasteiger partial charge in [-0.25, -0.2) is 0 Å². The minimum absolute atomic E-state index is 0.0348. The van der Waals surface area contributed by atoms with Gasteiger partial charge in [-0.3, -0.25) is 4.79 Å². The van der Waals surface area contributed by atoms with Gasteiger partial charge < -0.3 is 10.6 Å². The predicted molar refractivity (Wildman–Crippen MR) is 77.0 cm³/mol. The van der Waals surface area contributed by atoms with Crippen molar-refractivity contribution < 1.29 is 4.79 Å². The van der Waals surface area contributed by atoms with Crippen LogP contribution in [0.5, 0.6) is 0 Å². The number of nitrogens with zero attached hydrogens (tertiary/aromatic N) is 3. The number of hydrogen-bond acceptors (Lipinski definition) is 5. The molecule has 0 atom stereocenters. The van der Waals surface area contributed by atoms with E-state index >= 15 is 0 Å². The summed E-state index contributed by atoms with van der Waals surface area (Å²) in [5, 5.41) is 4.02. The van der Waals surface area contributed by atoms with E-state index in [2.05, 4.69) is 9.59 Å². The molecule has 5 nitrogen and oxygen atoms in total. The molecule has 1 rings (SSSR count). The maximum Gasteiger partial charge on any atom is 0.267 e. The van der Waals surface area contributed by atoms with Crippen molar-refractivity contribution in [2.75, 3.05) is 13.1 Å². The zero-order chi connectivity index (χ0) is 13.7. The van der Waals surface area contributed by atoms with Crippen LogP contribution in [-0.4, -0.2) is 38.5 Å². The van der Waals surface area contributed by atoms with E-state index in [0.717, 1.165) is 17.2 Å². The maximum atomic E-state index is 12.3. The molecule has 0 saturated carbocycles. The van der Waals surface area contributed by atoms with Gasteiger partial charge in [0.05, 0.1) is 10.7 Å². The Hall–Kier alpha value is -1.08. The van der Waals surface area contributed by atoms with Crippen LogP contribution in [0.4, 0.5) is 0 Å². The lowest BCUT2D eigenvalue weighted by atomic mass is 10.1. The molecule has 18 heavy (non-hydrogen) atoms. The van der Waals surface area contributed by atoms with Crippen molar-refractivity contribution in [3.05, 3.63) is 10.6 Å². The summed E-state index contributed by atoms with van der Waals surface area (Å²) < 4.78 is 3.87. The van der Waals surface area contributed by atoms with Gasteiger partial charge in [0, 0.05) is 19.5 Å². The molecule has 0 aliphatic rings. The topological polar surface area (TPSA) is 72.1 Å². The monoisotopic (exact) mass is 286 g/mol. The van der Waals surface area contributed by atoms with Gasteiger partial charge in [0.2, 0.25) is 0 Å². The van der Waals surface area contributed by atoms with Gasteiger partial charge in [-0.05, 0) is 24.4 Å². The number of hydrogen-bond donors (Lipinski definition) is 1. The highest BCUT2D eigenvalue weighted by Crippen LogP contribution is 2.21. The van der Waals surface area contributed by atoms with Crippen molar-refractivity contribution in [1.29, 1.82) is 0 Å². The number of rotatable bonds is 6. The van der Waals surface area contributed by atoms with Crippen LogP contribution in [-0.2, 0) is 0 Å². The largest absolute Gasteiger partial charge is 0.393 e. The van der Waals surface area contributed by atoms with Crippen LogP contribution in [0, 0.1) is 0 Å². The van der Waals surface area contributed by atoms with Crippen molar-refractivity contribution >= 4 is 34.6 Å². The average molecular weight is 286 g/mol. The van der Waals surface area contributed by atoms with E-state index in [-0.39, 0.29) is 11.8 Å². The summed E-state index contributed by atoms with van der Waals surface area (Å²) in [6, 6.07) is 0. The van der Waals surface area contributed by atoms with Gasteiger partial charge in [-0.15, -0.1) is 5.10 Å². The van der Waals surface area contributed by atoms with Gasteiger partial charge in [0.1, 0.15) is 4.88 Å². The first-order valence-corrected chi connectivity index (χ1v) is 7.05. The number of carbonyl (C=O) groups excluding carboxylic acids is 1. The third-order valence-electron chi connectivity index (χ3n) is 2.55. The molecule has 0 saturated heterocycles. The Bertz CT molecular complexity index is 430. The summed E-state index contributed by atoms with van der Waals surface area (Å²) in [4.78, 5) is 15.1. The Morgan fingerprint density at radius 3 is 2.72 bits per heavy atom. The van der Waals surface area contributed by atoms with Crippen molar-refractivity contribution in [1.82, 2.24) is 14.5 Å². The lowest BCUT2D eigenvalue weighted by Gasteiger charge is -2.20. The molecule has 0 unspecified atom stereocenters. The van der Waals surface area contributed by atoms with E-state index in [1.165, 1.54) is 0 Å². The molecule has 1 heterocycles. The van der Waals surface area contributed by atoms with Gasteiger partial charge in [-0.2, -0.15) is 0 Å². The first-order valence-electron chi connectivity index (χ1n) is 5.87. The quantitative estimate of drug-likeness (QED) is 0.807. The molecule has 0 fully saturated rings. The lowest BCUT2D eigenvalue weighted by Crippen LogP contribution is -2.33. The number of thiocarbonyl (C=S) groups is 1. The summed E-state index contributed by atoms with van der Waals surface area (Å²) in [7, 11) is 0. The first-order chi connectivity index (χ1) is 8.47. The van der Waals surface area contributed by atoms with Crippen LogP contribution in [0.2, 0.25) is 0 Å². The Morgan fingerprint density at radius 1 is 1.56 bits per heavy atom. The third kappa shape index (κ3) is 3.71. The number of aromatic nitrogens is 2. The molecule has 1 amide bonds. The van der Waals surface area contributed by atoms with E-state index in [4.69, 9.17) is 18.0 Å². The van der Waals surface area contributed by atoms with Crippen molar-refractivity contribution in [2.24, 2.45) is 5.73 Å². The fourth-order valence-corrected chi connectivity index (χ4v) is 2.39. The van der Waals surface area contributed by atoms with E-state index in [1.54, 1.807) is 4.90 Å². The smallest absolute Gasteiger partial charge is 0.267 e. The maximum absolute atomic E-state index is 12.3. The molecule has 0 bridgehead atoms. The standard InChI is InChI=1S/C11H18N4OS2/c1-4-15(6-5-8(12)17)11(16)10-9(7(2)3)13-14-18-10/h7H,4-6H2,1-3H3,(H2,12,17). The second-order valence-electron chi connectivity index (χ2n) is 4.24. The third-order valence-corrected chi connectivity index (χ3v) is 3.49. The molecular weight excluding hydrogens is 268 g/mol. The first kappa shape index (κ1) is 15.0. The highest BCUT2D eigenvalue weighted by molar-refractivity contribution is 7.80. The second kappa shape index (κ2) is 6.75. The minimum atomic E-state index is -0.0348. The fraction of sp³-hybridized carbons (Fsp3) is 0.636. The molecular formula is C11H18N4OS2. The van der Waals surface area contributed by atoms with E-state index in [9.17, 15) is 4.79 Å². The molecule has 100 valence electrons. The fourth-order valence-electron chi connectivity index (χ4n) is 1.52. The van der Waals surface area contributed by atoms with Crippen molar-refractivity contribution in [3.63, 3.8) is 0 Å². The molecule has 0 aliphatic carbocycles. The average Bonchev–Trinajstić information content (AvgIpc) is 2.77. The van der Waals surface area contributed by atoms with Crippen molar-refractivity contribution in [2.45, 2.75) is 33.1 Å². The second-order valence-corrected chi connectivity index (χ2v) is 5.52. The highest BCUT2D eigenvalue weighted by atomic mass is 32.1. The van der Waals surface area contributed by atoms with E-state index < -0.39 is 0 Å². The summed E-state index contributed by atoms with van der Waals surface area (Å²) in [6.45, 7) is 7.09. The Kier molecular flexibility index (Phi) is 5.61. The number of nitrogens with two attached hydrogens (primary N) is 1. The Labute approximate surface area is 117 Å². The van der Waals surface area contributed by atoms with Gasteiger partial charge >= 0.3 is 0 Å². The molecule has 7 heteroatoms. The summed E-state index contributed by atoms with van der Waals surface area (Å²) in [5.41, 5.74) is 6.23. The lowest BCUT2D eigenvalue weighted by molar-refractivity contribution is 0.0772. The van der Waals surface area contributed by atoms with E-state index in [1.807, 2.05) is 20.8 Å². The number of amides is 1. The summed E-state index contributed by atoms with van der Waals surface area (Å²) in [6.07, 6.45) is 0.540. The van der Waals surface area contributed by atoms with E-state index in [0.29, 0.717) is 29.4 Å². The molecule has 0 aromatic carbocycles. The van der Waals surface area contributed by atoms with Gasteiger partial charge in [0.15, 0.2) is 0 Å². The molecule has 0 spiro atoms. The zero-order valence-electron chi connectivity index (χ0n) is 10.8. The van der Waals surface area contributed by atoms with Gasteiger partial charge in [-0.1, -0.05) is 30.6 Å². The van der Waals surface area contributed by atoms with Crippen LogP contribution >= 0.6 is 23.8 Å². The number of carbonyl (C=O) groups is 1. The Morgan fingerprint density at radius 2 is 2.22 bits per heavy atom. The minimum Gasteiger partial charge on any atom is -0.393 e. The highest BCUT2D eigenvalue weighted by Gasteiger charge is 2.22. The SMILES string of the molecule is CCN(CCC(N)=S)C(=O)c1snnc1C(C)C. The van der Waals surface area contributed by atoms with Crippen LogP contribution < -0.4 is 5.73 Å². The van der Waals surface area contributed by atoms with Crippen molar-refractivity contribution in [3.8, 4) is 0 Å². The van der Waals surface area contributed by atoms with Crippen LogP contribution in [0.1, 0.15) is 48.5 Å².